The summed E-state index contributed by atoms with van der Waals surface area (Å²) in [7, 11) is 0. The Labute approximate surface area is 126 Å². The van der Waals surface area contributed by atoms with E-state index in [1.165, 1.54) is 11.1 Å². The van der Waals surface area contributed by atoms with E-state index in [-0.39, 0.29) is 11.7 Å². The quantitative estimate of drug-likeness (QED) is 0.685. The van der Waals surface area contributed by atoms with Crippen molar-refractivity contribution in [2.75, 3.05) is 0 Å². The molecular weight excluding hydrogens is 320 g/mol. The number of hydrogen-bond acceptors (Lipinski definition) is 3. The summed E-state index contributed by atoms with van der Waals surface area (Å²) in [4.78, 5) is 11.8. The van der Waals surface area contributed by atoms with Gasteiger partial charge in [-0.1, -0.05) is 12.1 Å². The first-order valence-electron chi connectivity index (χ1n) is 6.15. The van der Waals surface area contributed by atoms with Gasteiger partial charge in [0.15, 0.2) is 10.4 Å². The monoisotopic (exact) mass is 334 g/mol. The Balaban J connectivity index is 2.10. The summed E-state index contributed by atoms with van der Waals surface area (Å²) in [5.74, 6) is -0.160. The standard InChI is InChI=1S/C15H15BrN2O2/c1-9-4-5-12(8-10(9)2)11(3)17-18-15(19)13-6-7-14(16)20-13/h4-8H,1-3H3,(H,18,19)/b17-11+. The van der Waals surface area contributed by atoms with Crippen LogP contribution >= 0.6 is 15.9 Å². The van der Waals surface area contributed by atoms with Crippen molar-refractivity contribution < 1.29 is 9.21 Å². The van der Waals surface area contributed by atoms with Crippen molar-refractivity contribution in [3.8, 4) is 0 Å². The summed E-state index contributed by atoms with van der Waals surface area (Å²) in [6, 6.07) is 9.31. The summed E-state index contributed by atoms with van der Waals surface area (Å²) >= 11 is 3.15. The third-order valence-electron chi connectivity index (χ3n) is 3.05. The first-order valence-corrected chi connectivity index (χ1v) is 6.94. The van der Waals surface area contributed by atoms with E-state index in [1.54, 1.807) is 12.1 Å². The molecule has 2 aromatic rings. The van der Waals surface area contributed by atoms with Gasteiger partial charge in [-0.05, 0) is 71.6 Å². The van der Waals surface area contributed by atoms with Crippen molar-refractivity contribution in [1.29, 1.82) is 0 Å². The van der Waals surface area contributed by atoms with Crippen molar-refractivity contribution in [1.82, 2.24) is 5.43 Å². The van der Waals surface area contributed by atoms with E-state index >= 15 is 0 Å². The number of nitrogens with one attached hydrogen (secondary N) is 1. The smallest absolute Gasteiger partial charge is 0.307 e. The second-order valence-electron chi connectivity index (χ2n) is 4.54. The van der Waals surface area contributed by atoms with Crippen LogP contribution in [0.4, 0.5) is 0 Å². The van der Waals surface area contributed by atoms with Gasteiger partial charge in [-0.3, -0.25) is 4.79 Å². The Bertz CT molecular complexity index is 674. The molecule has 0 bridgehead atoms. The van der Waals surface area contributed by atoms with Crippen LogP contribution in [0.3, 0.4) is 0 Å². The first-order chi connectivity index (χ1) is 9.47. The number of carbonyl (C=O) groups is 1. The summed E-state index contributed by atoms with van der Waals surface area (Å²) < 4.78 is 5.67. The van der Waals surface area contributed by atoms with Crippen molar-refractivity contribution in [2.24, 2.45) is 5.10 Å². The Morgan fingerprint density at radius 3 is 2.55 bits per heavy atom. The molecule has 20 heavy (non-hydrogen) atoms. The fourth-order valence-electron chi connectivity index (χ4n) is 1.66. The third kappa shape index (κ3) is 3.36. The molecule has 0 unspecified atom stereocenters. The van der Waals surface area contributed by atoms with Crippen molar-refractivity contribution in [3.63, 3.8) is 0 Å². The number of rotatable bonds is 3. The Hall–Kier alpha value is -1.88. The topological polar surface area (TPSA) is 54.6 Å². The SMILES string of the molecule is C/C(=N\NC(=O)c1ccc(Br)o1)c1ccc(C)c(C)c1. The molecule has 0 aliphatic carbocycles. The molecular formula is C15H15BrN2O2. The number of hydrogen-bond donors (Lipinski definition) is 1. The van der Waals surface area contributed by atoms with E-state index in [4.69, 9.17) is 4.42 Å². The lowest BCUT2D eigenvalue weighted by atomic mass is 10.0. The first kappa shape index (κ1) is 14.5. The molecule has 0 atom stereocenters. The lowest BCUT2D eigenvalue weighted by molar-refractivity contribution is 0.0926. The van der Waals surface area contributed by atoms with Gasteiger partial charge in [-0.2, -0.15) is 5.10 Å². The number of aryl methyl sites for hydroxylation is 2. The van der Waals surface area contributed by atoms with Gasteiger partial charge >= 0.3 is 5.91 Å². The molecule has 1 heterocycles. The molecule has 5 heteroatoms. The fraction of sp³-hybridized carbons (Fsp3) is 0.200. The van der Waals surface area contributed by atoms with Crippen LogP contribution in [0, 0.1) is 13.8 Å². The number of hydrazone groups is 1. The van der Waals surface area contributed by atoms with Crippen LogP contribution in [0.2, 0.25) is 0 Å². The minimum absolute atomic E-state index is 0.216. The summed E-state index contributed by atoms with van der Waals surface area (Å²) in [6.45, 7) is 5.95. The van der Waals surface area contributed by atoms with E-state index in [0.29, 0.717) is 4.67 Å². The second-order valence-corrected chi connectivity index (χ2v) is 5.32. The number of nitrogens with zero attached hydrogens (tertiary/aromatic N) is 1. The highest BCUT2D eigenvalue weighted by Gasteiger charge is 2.09. The van der Waals surface area contributed by atoms with Crippen LogP contribution in [-0.2, 0) is 0 Å². The molecule has 0 aliphatic rings. The maximum absolute atomic E-state index is 11.8. The molecule has 0 aliphatic heterocycles. The molecule has 0 fully saturated rings. The number of furan rings is 1. The average Bonchev–Trinajstić information content (AvgIpc) is 2.85. The molecule has 1 amide bonds. The molecule has 1 aromatic heterocycles. The van der Waals surface area contributed by atoms with Gasteiger partial charge in [0.2, 0.25) is 0 Å². The van der Waals surface area contributed by atoms with Gasteiger partial charge in [-0.15, -0.1) is 0 Å². The zero-order valence-electron chi connectivity index (χ0n) is 11.5. The van der Waals surface area contributed by atoms with E-state index in [9.17, 15) is 4.79 Å². The number of halogens is 1. The van der Waals surface area contributed by atoms with E-state index in [0.717, 1.165) is 11.3 Å². The van der Waals surface area contributed by atoms with Crippen molar-refractivity contribution in [3.05, 3.63) is 57.5 Å². The van der Waals surface area contributed by atoms with Gasteiger partial charge < -0.3 is 4.42 Å². The van der Waals surface area contributed by atoms with E-state index < -0.39 is 0 Å². The maximum Gasteiger partial charge on any atom is 0.307 e. The maximum atomic E-state index is 11.8. The van der Waals surface area contributed by atoms with Crippen LogP contribution in [0.25, 0.3) is 0 Å². The minimum Gasteiger partial charge on any atom is -0.444 e. The molecule has 0 saturated carbocycles. The van der Waals surface area contributed by atoms with E-state index in [2.05, 4.69) is 33.4 Å². The average molecular weight is 335 g/mol. The molecule has 4 nitrogen and oxygen atoms in total. The van der Waals surface area contributed by atoms with Gasteiger partial charge in [0, 0.05) is 0 Å². The van der Waals surface area contributed by atoms with Crippen LogP contribution in [0.1, 0.15) is 34.2 Å². The molecule has 1 N–H and O–H groups in total. The Kier molecular flexibility index (Phi) is 4.39. The van der Waals surface area contributed by atoms with Crippen molar-refractivity contribution >= 4 is 27.5 Å². The second kappa shape index (κ2) is 6.05. The largest absolute Gasteiger partial charge is 0.444 e. The van der Waals surface area contributed by atoms with Crippen LogP contribution in [0.5, 0.6) is 0 Å². The number of carbonyl (C=O) groups excluding carboxylic acids is 1. The van der Waals surface area contributed by atoms with Gasteiger partial charge in [0.05, 0.1) is 5.71 Å². The highest BCUT2D eigenvalue weighted by Crippen LogP contribution is 2.14. The molecule has 104 valence electrons. The lowest BCUT2D eigenvalue weighted by Crippen LogP contribution is -2.18. The summed E-state index contributed by atoms with van der Waals surface area (Å²) in [5.41, 5.74) is 6.62. The zero-order chi connectivity index (χ0) is 14.7. The number of benzene rings is 1. The molecule has 1 aromatic carbocycles. The minimum atomic E-state index is -0.376. The predicted octanol–water partition coefficient (Wildman–Crippen LogP) is 3.81. The van der Waals surface area contributed by atoms with Crippen LogP contribution in [-0.4, -0.2) is 11.6 Å². The van der Waals surface area contributed by atoms with Gasteiger partial charge in [-0.25, -0.2) is 5.43 Å². The zero-order valence-corrected chi connectivity index (χ0v) is 13.1. The molecule has 0 saturated heterocycles. The van der Waals surface area contributed by atoms with Crippen molar-refractivity contribution in [2.45, 2.75) is 20.8 Å². The fourth-order valence-corrected chi connectivity index (χ4v) is 1.96. The van der Waals surface area contributed by atoms with E-state index in [1.807, 2.05) is 32.0 Å². The highest BCUT2D eigenvalue weighted by atomic mass is 79.9. The predicted molar refractivity (Wildman–Crippen MR) is 82.0 cm³/mol. The van der Waals surface area contributed by atoms with Gasteiger partial charge in [0.25, 0.3) is 0 Å². The Morgan fingerprint density at radius 1 is 1.20 bits per heavy atom. The Morgan fingerprint density at radius 2 is 1.95 bits per heavy atom. The lowest BCUT2D eigenvalue weighted by Gasteiger charge is -2.05. The van der Waals surface area contributed by atoms with Crippen LogP contribution in [0.15, 0.2) is 44.5 Å². The summed E-state index contributed by atoms with van der Waals surface area (Å²) in [5, 5.41) is 4.09. The molecule has 0 radical (unpaired) electrons. The summed E-state index contributed by atoms with van der Waals surface area (Å²) in [6.07, 6.45) is 0. The molecule has 2 rings (SSSR count). The van der Waals surface area contributed by atoms with Gasteiger partial charge in [0.1, 0.15) is 0 Å². The van der Waals surface area contributed by atoms with Crippen LogP contribution < -0.4 is 5.43 Å². The molecule has 0 spiro atoms. The normalized spacial score (nSPS) is 11.5. The third-order valence-corrected chi connectivity index (χ3v) is 3.47. The number of amides is 1. The highest BCUT2D eigenvalue weighted by molar-refractivity contribution is 9.10.